The van der Waals surface area contributed by atoms with Crippen molar-refractivity contribution < 1.29 is 18.0 Å². The topological polar surface area (TPSA) is 66.8 Å². The molecule has 1 saturated heterocycles. The van der Waals surface area contributed by atoms with Gasteiger partial charge in [-0.15, -0.1) is 0 Å². The number of rotatable bonds is 2. The molecule has 1 N–H and O–H groups in total. The molecule has 0 radical (unpaired) electrons. The molecule has 3 aromatic rings. The first-order valence-corrected chi connectivity index (χ1v) is 8.27. The number of hydrogen-bond donors (Lipinski definition) is 1. The molecule has 1 unspecified atom stereocenters. The molecule has 3 aromatic heterocycles. The molecular formula is C17H16F3N5O. The Labute approximate surface area is 146 Å². The Morgan fingerprint density at radius 1 is 1.23 bits per heavy atom. The summed E-state index contributed by atoms with van der Waals surface area (Å²) < 4.78 is 39.5. The summed E-state index contributed by atoms with van der Waals surface area (Å²) >= 11 is 0. The van der Waals surface area contributed by atoms with E-state index in [1.54, 1.807) is 17.2 Å². The van der Waals surface area contributed by atoms with Crippen LogP contribution < -0.4 is 0 Å². The molecule has 6 nitrogen and oxygen atoms in total. The highest BCUT2D eigenvalue weighted by molar-refractivity contribution is 5.94. The first kappa shape index (κ1) is 16.6. The number of fused-ring (bicyclic) bond motifs is 1. The number of amides is 1. The van der Waals surface area contributed by atoms with E-state index < -0.39 is 11.9 Å². The number of alkyl halides is 3. The quantitative estimate of drug-likeness (QED) is 0.760. The Hall–Kier alpha value is -2.84. The molecule has 0 bridgehead atoms. The van der Waals surface area contributed by atoms with Gasteiger partial charge in [0.15, 0.2) is 5.69 Å². The fraction of sp³-hybridized carbons (Fsp3) is 0.353. The molecule has 0 aliphatic carbocycles. The van der Waals surface area contributed by atoms with Gasteiger partial charge < -0.3 is 9.88 Å². The summed E-state index contributed by atoms with van der Waals surface area (Å²) in [5, 5.41) is 4.55. The second-order valence-corrected chi connectivity index (χ2v) is 6.34. The van der Waals surface area contributed by atoms with E-state index in [4.69, 9.17) is 0 Å². The number of nitrogens with one attached hydrogen (secondary N) is 1. The smallest absolute Gasteiger partial charge is 0.346 e. The number of halogens is 3. The van der Waals surface area contributed by atoms with Gasteiger partial charge in [0.2, 0.25) is 0 Å². The third-order valence-corrected chi connectivity index (χ3v) is 4.59. The summed E-state index contributed by atoms with van der Waals surface area (Å²) in [5.74, 6) is -0.227. The van der Waals surface area contributed by atoms with Crippen molar-refractivity contribution in [3.8, 4) is 0 Å². The Bertz CT molecular complexity index is 945. The molecule has 136 valence electrons. The van der Waals surface area contributed by atoms with Gasteiger partial charge in [-0.1, -0.05) is 0 Å². The fourth-order valence-corrected chi connectivity index (χ4v) is 3.26. The highest BCUT2D eigenvalue weighted by Gasteiger charge is 2.35. The summed E-state index contributed by atoms with van der Waals surface area (Å²) in [6.07, 6.45) is -0.0253. The Balaban J connectivity index is 1.52. The van der Waals surface area contributed by atoms with Gasteiger partial charge >= 0.3 is 6.18 Å². The minimum atomic E-state index is -4.47. The van der Waals surface area contributed by atoms with Gasteiger partial charge in [0.25, 0.3) is 5.91 Å². The highest BCUT2D eigenvalue weighted by atomic mass is 19.4. The Kier molecular flexibility index (Phi) is 3.93. The molecule has 1 amide bonds. The van der Waals surface area contributed by atoms with Crippen molar-refractivity contribution in [2.24, 2.45) is 0 Å². The van der Waals surface area contributed by atoms with E-state index in [2.05, 4.69) is 15.1 Å². The van der Waals surface area contributed by atoms with Crippen LogP contribution in [0.25, 0.3) is 11.0 Å². The normalized spacial score (nSPS) is 18.4. The summed E-state index contributed by atoms with van der Waals surface area (Å²) in [4.78, 5) is 21.7. The number of pyridine rings is 1. The van der Waals surface area contributed by atoms with Gasteiger partial charge in [-0.3, -0.25) is 9.48 Å². The predicted molar refractivity (Wildman–Crippen MR) is 87.5 cm³/mol. The van der Waals surface area contributed by atoms with Crippen LogP contribution in [0.2, 0.25) is 0 Å². The largest absolute Gasteiger partial charge is 0.435 e. The Morgan fingerprint density at radius 2 is 2.08 bits per heavy atom. The maximum Gasteiger partial charge on any atom is 0.435 e. The van der Waals surface area contributed by atoms with Crippen LogP contribution in [-0.2, 0) is 6.18 Å². The maximum absolute atomic E-state index is 12.7. The average molecular weight is 363 g/mol. The minimum absolute atomic E-state index is 0.227. The van der Waals surface area contributed by atoms with Crippen molar-refractivity contribution in [1.82, 2.24) is 24.6 Å². The lowest BCUT2D eigenvalue weighted by Crippen LogP contribution is -2.41. The molecule has 4 rings (SSSR count). The van der Waals surface area contributed by atoms with E-state index in [0.717, 1.165) is 11.5 Å². The van der Waals surface area contributed by atoms with Crippen molar-refractivity contribution in [3.63, 3.8) is 0 Å². The number of nitrogens with zero attached hydrogens (tertiary/aromatic N) is 4. The van der Waals surface area contributed by atoms with Crippen molar-refractivity contribution in [2.75, 3.05) is 13.1 Å². The van der Waals surface area contributed by atoms with Gasteiger partial charge in [0.05, 0.1) is 6.04 Å². The maximum atomic E-state index is 12.7. The van der Waals surface area contributed by atoms with E-state index >= 15 is 0 Å². The average Bonchev–Trinajstić information content (AvgIpc) is 3.29. The lowest BCUT2D eigenvalue weighted by molar-refractivity contribution is -0.141. The standard InChI is InChI=1S/C17H16F3N5O/c18-17(19,20)14-6-9-25(23-14)12-2-1-8-24(10-12)16(26)13-4-3-11-5-7-21-15(11)22-13/h3-7,9,12H,1-2,8,10H2,(H,21,22). The predicted octanol–water partition coefficient (Wildman–Crippen LogP) is 3.26. The lowest BCUT2D eigenvalue weighted by atomic mass is 10.1. The third kappa shape index (κ3) is 3.04. The summed E-state index contributed by atoms with van der Waals surface area (Å²) in [7, 11) is 0. The number of piperidine rings is 1. The van der Waals surface area contributed by atoms with Crippen molar-refractivity contribution >= 4 is 16.9 Å². The van der Waals surface area contributed by atoms with Gasteiger partial charge in [-0.2, -0.15) is 18.3 Å². The van der Waals surface area contributed by atoms with Crippen LogP contribution in [0.15, 0.2) is 36.7 Å². The SMILES string of the molecule is O=C(c1ccc2cc[nH]c2n1)N1CCCC(n2ccc(C(F)(F)F)n2)C1. The zero-order valence-corrected chi connectivity index (χ0v) is 13.7. The number of hydrogen-bond acceptors (Lipinski definition) is 3. The van der Waals surface area contributed by atoms with Crippen molar-refractivity contribution in [2.45, 2.75) is 25.1 Å². The molecule has 1 fully saturated rings. The molecule has 1 atom stereocenters. The molecule has 1 aliphatic heterocycles. The minimum Gasteiger partial charge on any atom is -0.346 e. The van der Waals surface area contributed by atoms with Crippen LogP contribution >= 0.6 is 0 Å². The lowest BCUT2D eigenvalue weighted by Gasteiger charge is -2.32. The van der Waals surface area contributed by atoms with E-state index in [-0.39, 0.29) is 11.9 Å². The van der Waals surface area contributed by atoms with Crippen LogP contribution in [0, 0.1) is 0 Å². The van der Waals surface area contributed by atoms with Gasteiger partial charge in [0.1, 0.15) is 11.3 Å². The molecule has 26 heavy (non-hydrogen) atoms. The number of carbonyl (C=O) groups excluding carboxylic acids is 1. The summed E-state index contributed by atoms with van der Waals surface area (Å²) in [6.45, 7) is 0.857. The Morgan fingerprint density at radius 3 is 2.85 bits per heavy atom. The number of likely N-dealkylation sites (tertiary alicyclic amines) is 1. The van der Waals surface area contributed by atoms with E-state index in [1.165, 1.54) is 10.9 Å². The van der Waals surface area contributed by atoms with Gasteiger partial charge in [-0.25, -0.2) is 4.98 Å². The second kappa shape index (κ2) is 6.15. The third-order valence-electron chi connectivity index (χ3n) is 4.59. The number of aromatic amines is 1. The molecule has 1 aliphatic rings. The van der Waals surface area contributed by atoms with E-state index in [9.17, 15) is 18.0 Å². The highest BCUT2D eigenvalue weighted by Crippen LogP contribution is 2.29. The van der Waals surface area contributed by atoms with E-state index in [0.29, 0.717) is 37.3 Å². The molecule has 0 aromatic carbocycles. The van der Waals surface area contributed by atoms with Crippen LogP contribution in [0.3, 0.4) is 0 Å². The van der Waals surface area contributed by atoms with Crippen molar-refractivity contribution in [3.05, 3.63) is 48.0 Å². The van der Waals surface area contributed by atoms with Crippen LogP contribution in [0.1, 0.15) is 35.1 Å². The summed E-state index contributed by atoms with van der Waals surface area (Å²) in [5.41, 5.74) is 0.0307. The van der Waals surface area contributed by atoms with Gasteiger partial charge in [0, 0.05) is 30.9 Å². The number of carbonyl (C=O) groups is 1. The molecule has 0 saturated carbocycles. The van der Waals surface area contributed by atoms with E-state index in [1.807, 2.05) is 12.1 Å². The van der Waals surface area contributed by atoms with Crippen LogP contribution in [-0.4, -0.2) is 43.6 Å². The molecule has 9 heteroatoms. The zero-order valence-electron chi connectivity index (χ0n) is 13.7. The van der Waals surface area contributed by atoms with Crippen LogP contribution in [0.5, 0.6) is 0 Å². The van der Waals surface area contributed by atoms with Crippen molar-refractivity contribution in [1.29, 1.82) is 0 Å². The first-order chi connectivity index (χ1) is 12.4. The molecule has 4 heterocycles. The number of aromatic nitrogens is 4. The van der Waals surface area contributed by atoms with Crippen LogP contribution in [0.4, 0.5) is 13.2 Å². The monoisotopic (exact) mass is 363 g/mol. The molecule has 0 spiro atoms. The number of H-pyrrole nitrogens is 1. The zero-order chi connectivity index (χ0) is 18.3. The first-order valence-electron chi connectivity index (χ1n) is 8.27. The fourth-order valence-electron chi connectivity index (χ4n) is 3.26. The van der Waals surface area contributed by atoms with Gasteiger partial charge in [-0.05, 0) is 37.1 Å². The molecular weight excluding hydrogens is 347 g/mol. The summed E-state index contributed by atoms with van der Waals surface area (Å²) in [6, 6.07) is 6.03. The second-order valence-electron chi connectivity index (χ2n) is 6.34.